The van der Waals surface area contributed by atoms with Crippen LogP contribution in [0.4, 0.5) is 10.1 Å². The Labute approximate surface area is 175 Å². The number of hydrogen-bond donors (Lipinski definition) is 1. The highest BCUT2D eigenvalue weighted by atomic mass is 32.2. The van der Waals surface area contributed by atoms with Crippen molar-refractivity contribution in [3.05, 3.63) is 48.0 Å². The number of ether oxygens (including phenoxy) is 2. The molecule has 158 valence electrons. The van der Waals surface area contributed by atoms with Crippen LogP contribution in [0.25, 0.3) is 11.0 Å². The van der Waals surface area contributed by atoms with E-state index in [4.69, 9.17) is 13.9 Å². The summed E-state index contributed by atoms with van der Waals surface area (Å²) in [7, 11) is -0.545. The molecule has 1 N–H and O–H groups in total. The summed E-state index contributed by atoms with van der Waals surface area (Å²) < 4.78 is 46.1. The molecule has 0 spiro atoms. The summed E-state index contributed by atoms with van der Waals surface area (Å²) in [5.41, 5.74) is 0.978. The van der Waals surface area contributed by atoms with Gasteiger partial charge in [0.05, 0.1) is 19.1 Å². The highest BCUT2D eigenvalue weighted by molar-refractivity contribution is 7.84. The molecule has 1 saturated heterocycles. The first kappa shape index (κ1) is 20.2. The first-order valence-corrected chi connectivity index (χ1v) is 10.7. The standard InChI is InChI=1S/C21H21FN2O5S/c1-3-28-17-7-4-6-16(27-2)20(17)30(26)23-21(25)19-12-14-15(22)10-13(11-18(14)29-19)24-8-5-9-24/h4,6-7,10-12H,3,5,8-9H2,1-2H3,(H,23,25). The van der Waals surface area contributed by atoms with Crippen LogP contribution in [-0.4, -0.2) is 36.9 Å². The maximum Gasteiger partial charge on any atom is 0.298 e. The van der Waals surface area contributed by atoms with Crippen molar-refractivity contribution in [1.29, 1.82) is 0 Å². The van der Waals surface area contributed by atoms with Gasteiger partial charge in [-0.25, -0.2) is 8.60 Å². The van der Waals surface area contributed by atoms with Crippen molar-refractivity contribution in [3.8, 4) is 11.5 Å². The summed E-state index contributed by atoms with van der Waals surface area (Å²) in [5.74, 6) is -0.685. The smallest absolute Gasteiger partial charge is 0.298 e. The first-order valence-electron chi connectivity index (χ1n) is 9.52. The van der Waals surface area contributed by atoms with Crippen molar-refractivity contribution in [2.45, 2.75) is 18.2 Å². The average Bonchev–Trinajstić information content (AvgIpc) is 3.11. The summed E-state index contributed by atoms with van der Waals surface area (Å²) in [6.07, 6.45) is 1.06. The monoisotopic (exact) mass is 432 g/mol. The van der Waals surface area contributed by atoms with E-state index in [0.29, 0.717) is 23.8 Å². The predicted octanol–water partition coefficient (Wildman–Crippen LogP) is 3.64. The van der Waals surface area contributed by atoms with Crippen molar-refractivity contribution >= 4 is 33.5 Å². The Balaban J connectivity index is 1.60. The molecule has 0 saturated carbocycles. The van der Waals surface area contributed by atoms with Gasteiger partial charge in [-0.2, -0.15) is 0 Å². The molecule has 0 bridgehead atoms. The number of hydrogen-bond acceptors (Lipinski definition) is 6. The molecule has 3 aromatic rings. The number of fused-ring (bicyclic) bond motifs is 1. The normalized spacial score (nSPS) is 14.3. The summed E-state index contributed by atoms with van der Waals surface area (Å²) in [6, 6.07) is 9.40. The highest BCUT2D eigenvalue weighted by Gasteiger charge is 2.23. The second-order valence-corrected chi connectivity index (χ2v) is 7.86. The molecule has 2 aromatic carbocycles. The van der Waals surface area contributed by atoms with Gasteiger partial charge in [-0.15, -0.1) is 0 Å². The Kier molecular flexibility index (Phi) is 5.63. The molecule has 0 aliphatic carbocycles. The highest BCUT2D eigenvalue weighted by Crippen LogP contribution is 2.32. The third kappa shape index (κ3) is 3.72. The van der Waals surface area contributed by atoms with E-state index >= 15 is 0 Å². The Morgan fingerprint density at radius 3 is 2.70 bits per heavy atom. The first-order chi connectivity index (χ1) is 14.5. The second kappa shape index (κ2) is 8.35. The summed E-state index contributed by atoms with van der Waals surface area (Å²) >= 11 is 0. The van der Waals surface area contributed by atoms with Gasteiger partial charge < -0.3 is 18.8 Å². The third-order valence-electron chi connectivity index (χ3n) is 4.85. The van der Waals surface area contributed by atoms with E-state index in [1.54, 1.807) is 31.2 Å². The van der Waals surface area contributed by atoms with Gasteiger partial charge in [0.25, 0.3) is 5.91 Å². The molecule has 30 heavy (non-hydrogen) atoms. The number of anilines is 1. The van der Waals surface area contributed by atoms with Crippen LogP contribution >= 0.6 is 0 Å². The molecule has 1 atom stereocenters. The van der Waals surface area contributed by atoms with E-state index in [-0.39, 0.29) is 21.6 Å². The Morgan fingerprint density at radius 2 is 2.03 bits per heavy atom. The second-order valence-electron chi connectivity index (χ2n) is 6.71. The fraction of sp³-hybridized carbons (Fsp3) is 0.286. The molecule has 2 heterocycles. The number of nitrogens with one attached hydrogen (secondary N) is 1. The van der Waals surface area contributed by atoms with Crippen molar-refractivity contribution in [1.82, 2.24) is 4.72 Å². The van der Waals surface area contributed by atoms with Crippen molar-refractivity contribution in [2.24, 2.45) is 0 Å². The van der Waals surface area contributed by atoms with Gasteiger partial charge in [0.2, 0.25) is 0 Å². The minimum atomic E-state index is -1.98. The zero-order chi connectivity index (χ0) is 21.3. The number of amides is 1. The van der Waals surface area contributed by atoms with Crippen LogP contribution in [0.1, 0.15) is 23.9 Å². The van der Waals surface area contributed by atoms with Gasteiger partial charge >= 0.3 is 0 Å². The Bertz CT molecular complexity index is 1130. The van der Waals surface area contributed by atoms with E-state index in [2.05, 4.69) is 4.72 Å². The lowest BCUT2D eigenvalue weighted by Crippen LogP contribution is -2.36. The number of nitrogens with zero attached hydrogens (tertiary/aromatic N) is 1. The molecule has 4 rings (SSSR count). The van der Waals surface area contributed by atoms with Crippen molar-refractivity contribution in [3.63, 3.8) is 0 Å². The van der Waals surface area contributed by atoms with E-state index in [0.717, 1.165) is 19.5 Å². The molecule has 7 nitrogen and oxygen atoms in total. The van der Waals surface area contributed by atoms with Crippen LogP contribution in [0.3, 0.4) is 0 Å². The minimum Gasteiger partial charge on any atom is -0.495 e. The van der Waals surface area contributed by atoms with Gasteiger partial charge in [0.15, 0.2) is 16.7 Å². The maximum absolute atomic E-state index is 14.5. The molecule has 0 radical (unpaired) electrons. The van der Waals surface area contributed by atoms with Gasteiger partial charge in [-0.1, -0.05) is 6.07 Å². The molecule has 1 aromatic heterocycles. The van der Waals surface area contributed by atoms with Crippen LogP contribution in [-0.2, 0) is 11.0 Å². The maximum atomic E-state index is 14.5. The lowest BCUT2D eigenvalue weighted by atomic mass is 10.1. The van der Waals surface area contributed by atoms with Gasteiger partial charge in [0, 0.05) is 30.9 Å². The summed E-state index contributed by atoms with van der Waals surface area (Å²) in [6.45, 7) is 3.87. The van der Waals surface area contributed by atoms with Gasteiger partial charge in [-0.3, -0.25) is 9.52 Å². The van der Waals surface area contributed by atoms with Gasteiger partial charge in [-0.05, 0) is 31.5 Å². The lowest BCUT2D eigenvalue weighted by molar-refractivity contribution is 0.0958. The van der Waals surface area contributed by atoms with Crippen molar-refractivity contribution in [2.75, 3.05) is 31.7 Å². The van der Waals surface area contributed by atoms with Crippen molar-refractivity contribution < 1.29 is 27.3 Å². The van der Waals surface area contributed by atoms with E-state index in [9.17, 15) is 13.4 Å². The number of benzene rings is 2. The number of rotatable bonds is 7. The molecule has 1 fully saturated rings. The van der Waals surface area contributed by atoms with Gasteiger partial charge in [0.1, 0.15) is 27.8 Å². The number of halogens is 1. The topological polar surface area (TPSA) is 81.0 Å². The largest absolute Gasteiger partial charge is 0.495 e. The van der Waals surface area contributed by atoms with Crippen LogP contribution in [0.5, 0.6) is 11.5 Å². The zero-order valence-electron chi connectivity index (χ0n) is 16.6. The Hall–Kier alpha value is -3.07. The molecule has 1 aliphatic heterocycles. The van der Waals surface area contributed by atoms with Crippen LogP contribution < -0.4 is 19.1 Å². The predicted molar refractivity (Wildman–Crippen MR) is 111 cm³/mol. The van der Waals surface area contributed by atoms with E-state index in [1.807, 2.05) is 4.90 Å². The molecule has 1 amide bonds. The summed E-state index contributed by atoms with van der Waals surface area (Å²) in [5, 5.41) is 0.197. The molecule has 1 unspecified atom stereocenters. The minimum absolute atomic E-state index is 0.133. The number of furan rings is 1. The molecule has 1 aliphatic rings. The molecular formula is C21H21FN2O5S. The lowest BCUT2D eigenvalue weighted by Gasteiger charge is -2.33. The number of methoxy groups -OCH3 is 1. The number of carbonyl (C=O) groups excluding carboxylic acids is 1. The zero-order valence-corrected chi connectivity index (χ0v) is 17.4. The van der Waals surface area contributed by atoms with E-state index < -0.39 is 22.7 Å². The fourth-order valence-corrected chi connectivity index (χ4v) is 4.26. The van der Waals surface area contributed by atoms with E-state index in [1.165, 1.54) is 19.2 Å². The fourth-order valence-electron chi connectivity index (χ4n) is 3.25. The quantitative estimate of drug-likeness (QED) is 0.614. The third-order valence-corrected chi connectivity index (χ3v) is 5.99. The van der Waals surface area contributed by atoms with Crippen LogP contribution in [0.15, 0.2) is 45.7 Å². The summed E-state index contributed by atoms with van der Waals surface area (Å²) in [4.78, 5) is 14.9. The van der Waals surface area contributed by atoms with Crippen LogP contribution in [0.2, 0.25) is 0 Å². The Morgan fingerprint density at radius 1 is 1.27 bits per heavy atom. The SMILES string of the molecule is CCOc1cccc(OC)c1S(=O)NC(=O)c1cc2c(F)cc(N3CCC3)cc2o1. The number of carbonyl (C=O) groups is 1. The average molecular weight is 432 g/mol. The molecular weight excluding hydrogens is 411 g/mol. The molecule has 9 heteroatoms. The van der Waals surface area contributed by atoms with Crippen LogP contribution in [0, 0.1) is 5.82 Å².